The lowest BCUT2D eigenvalue weighted by molar-refractivity contribution is 0.284. The Morgan fingerprint density at radius 2 is 1.53 bits per heavy atom. The van der Waals surface area contributed by atoms with Gasteiger partial charge in [0.1, 0.15) is 12.4 Å². The van der Waals surface area contributed by atoms with Crippen molar-refractivity contribution in [3.8, 4) is 40.1 Å². The van der Waals surface area contributed by atoms with Gasteiger partial charge in [-0.25, -0.2) is 0 Å². The highest BCUT2D eigenvalue weighted by Crippen LogP contribution is 2.33. The molecule has 0 unspecified atom stereocenters. The molecule has 0 saturated heterocycles. The van der Waals surface area contributed by atoms with Crippen molar-refractivity contribution in [2.75, 3.05) is 14.2 Å². The second-order valence-electron chi connectivity index (χ2n) is 6.79. The Labute approximate surface area is 175 Å². The molecule has 0 spiro atoms. The maximum Gasteiger partial charge on any atom is 0.258 e. The number of aromatic nitrogens is 2. The molecule has 0 aliphatic carbocycles. The molecule has 30 heavy (non-hydrogen) atoms. The molecule has 3 aromatic carbocycles. The Morgan fingerprint density at radius 3 is 2.23 bits per heavy atom. The lowest BCUT2D eigenvalue weighted by atomic mass is 10.1. The van der Waals surface area contributed by atoms with E-state index in [-0.39, 0.29) is 0 Å². The summed E-state index contributed by atoms with van der Waals surface area (Å²) in [6.07, 6.45) is 0. The molecular weight excluding hydrogens is 380 g/mol. The first-order valence-corrected chi connectivity index (χ1v) is 9.51. The van der Waals surface area contributed by atoms with Crippen LogP contribution in [0.3, 0.4) is 0 Å². The Kier molecular flexibility index (Phi) is 5.66. The average molecular weight is 402 g/mol. The summed E-state index contributed by atoms with van der Waals surface area (Å²) in [4.78, 5) is 4.50. The van der Waals surface area contributed by atoms with Gasteiger partial charge in [0.25, 0.3) is 5.89 Å². The van der Waals surface area contributed by atoms with Crippen molar-refractivity contribution in [3.63, 3.8) is 0 Å². The molecule has 152 valence electrons. The highest BCUT2D eigenvalue weighted by molar-refractivity contribution is 5.63. The third-order valence-corrected chi connectivity index (χ3v) is 4.70. The molecule has 0 N–H and O–H groups in total. The molecule has 0 fully saturated rings. The lowest BCUT2D eigenvalue weighted by Gasteiger charge is -2.11. The van der Waals surface area contributed by atoms with Gasteiger partial charge in [-0.15, -0.1) is 0 Å². The summed E-state index contributed by atoms with van der Waals surface area (Å²) in [6, 6.07) is 21.3. The van der Waals surface area contributed by atoms with Crippen molar-refractivity contribution in [1.29, 1.82) is 0 Å². The zero-order valence-electron chi connectivity index (χ0n) is 17.1. The average Bonchev–Trinajstić information content (AvgIpc) is 3.29. The van der Waals surface area contributed by atoms with E-state index < -0.39 is 0 Å². The standard InChI is InChI=1S/C24H22N2O4/c1-16-4-6-17(7-5-16)15-29-21-13-10-19(14-22(21)28-3)23-25-24(30-26-23)18-8-11-20(27-2)12-9-18/h4-14H,15H2,1-3H3. The molecule has 0 atom stereocenters. The predicted octanol–water partition coefficient (Wildman–Crippen LogP) is 5.31. The number of methoxy groups -OCH3 is 2. The van der Waals surface area contributed by atoms with Gasteiger partial charge in [-0.2, -0.15) is 4.98 Å². The topological polar surface area (TPSA) is 66.6 Å². The SMILES string of the molecule is COc1ccc(-c2nc(-c3ccc(OCc4ccc(C)cc4)c(OC)c3)no2)cc1. The third kappa shape index (κ3) is 4.27. The summed E-state index contributed by atoms with van der Waals surface area (Å²) in [5, 5.41) is 4.10. The van der Waals surface area contributed by atoms with Gasteiger partial charge in [0.2, 0.25) is 5.82 Å². The minimum absolute atomic E-state index is 0.436. The van der Waals surface area contributed by atoms with E-state index in [1.807, 2.05) is 42.5 Å². The summed E-state index contributed by atoms with van der Waals surface area (Å²) in [6.45, 7) is 2.52. The fourth-order valence-electron chi connectivity index (χ4n) is 2.96. The van der Waals surface area contributed by atoms with Gasteiger partial charge in [0.15, 0.2) is 11.5 Å². The van der Waals surface area contributed by atoms with Gasteiger partial charge < -0.3 is 18.7 Å². The van der Waals surface area contributed by atoms with E-state index in [4.69, 9.17) is 18.7 Å². The number of rotatable bonds is 7. The maximum atomic E-state index is 5.94. The minimum atomic E-state index is 0.436. The summed E-state index contributed by atoms with van der Waals surface area (Å²) in [5.41, 5.74) is 3.90. The van der Waals surface area contributed by atoms with Crippen molar-refractivity contribution in [2.45, 2.75) is 13.5 Å². The molecule has 0 bridgehead atoms. The number of hydrogen-bond donors (Lipinski definition) is 0. The largest absolute Gasteiger partial charge is 0.497 e. The van der Waals surface area contributed by atoms with Crippen LogP contribution in [-0.2, 0) is 6.61 Å². The van der Waals surface area contributed by atoms with E-state index in [9.17, 15) is 0 Å². The third-order valence-electron chi connectivity index (χ3n) is 4.70. The normalized spacial score (nSPS) is 10.6. The zero-order valence-corrected chi connectivity index (χ0v) is 17.1. The van der Waals surface area contributed by atoms with Gasteiger partial charge in [0.05, 0.1) is 14.2 Å². The van der Waals surface area contributed by atoms with Crippen LogP contribution >= 0.6 is 0 Å². The van der Waals surface area contributed by atoms with Gasteiger partial charge in [-0.3, -0.25) is 0 Å². The van der Waals surface area contributed by atoms with Crippen LogP contribution in [-0.4, -0.2) is 24.4 Å². The molecule has 6 heteroatoms. The molecule has 0 aliphatic heterocycles. The summed E-state index contributed by atoms with van der Waals surface area (Å²) in [5.74, 6) is 2.94. The zero-order chi connectivity index (χ0) is 20.9. The Balaban J connectivity index is 1.52. The van der Waals surface area contributed by atoms with Crippen LogP contribution in [0.1, 0.15) is 11.1 Å². The van der Waals surface area contributed by atoms with Crippen molar-refractivity contribution in [2.24, 2.45) is 0 Å². The van der Waals surface area contributed by atoms with Crippen molar-refractivity contribution in [3.05, 3.63) is 77.9 Å². The van der Waals surface area contributed by atoms with Crippen LogP contribution in [0.15, 0.2) is 71.3 Å². The molecule has 0 radical (unpaired) electrons. The Morgan fingerprint density at radius 1 is 0.800 bits per heavy atom. The first kappa shape index (κ1) is 19.5. The lowest BCUT2D eigenvalue weighted by Crippen LogP contribution is -1.98. The summed E-state index contributed by atoms with van der Waals surface area (Å²) in [7, 11) is 3.23. The maximum absolute atomic E-state index is 5.94. The molecular formula is C24H22N2O4. The van der Waals surface area contributed by atoms with Crippen molar-refractivity contribution < 1.29 is 18.7 Å². The van der Waals surface area contributed by atoms with Crippen molar-refractivity contribution in [1.82, 2.24) is 10.1 Å². The Bertz CT molecular complexity index is 1120. The van der Waals surface area contributed by atoms with Crippen LogP contribution in [0.4, 0.5) is 0 Å². The van der Waals surface area contributed by atoms with E-state index in [0.29, 0.717) is 29.8 Å². The number of ether oxygens (including phenoxy) is 3. The van der Waals surface area contributed by atoms with Gasteiger partial charge in [0, 0.05) is 11.1 Å². The molecule has 4 rings (SSSR count). The first-order chi connectivity index (χ1) is 14.7. The van der Waals surface area contributed by atoms with E-state index in [2.05, 4.69) is 41.3 Å². The van der Waals surface area contributed by atoms with Crippen LogP contribution in [0, 0.1) is 6.92 Å². The van der Waals surface area contributed by atoms with Crippen LogP contribution < -0.4 is 14.2 Å². The second-order valence-corrected chi connectivity index (χ2v) is 6.79. The fourth-order valence-corrected chi connectivity index (χ4v) is 2.96. The number of nitrogens with zero attached hydrogens (tertiary/aromatic N) is 2. The quantitative estimate of drug-likeness (QED) is 0.417. The van der Waals surface area contributed by atoms with E-state index in [0.717, 1.165) is 22.4 Å². The highest BCUT2D eigenvalue weighted by Gasteiger charge is 2.14. The summed E-state index contributed by atoms with van der Waals surface area (Å²) >= 11 is 0. The number of benzene rings is 3. The van der Waals surface area contributed by atoms with E-state index in [1.54, 1.807) is 14.2 Å². The minimum Gasteiger partial charge on any atom is -0.497 e. The van der Waals surface area contributed by atoms with Gasteiger partial charge in [-0.05, 0) is 55.0 Å². The first-order valence-electron chi connectivity index (χ1n) is 9.51. The predicted molar refractivity (Wildman–Crippen MR) is 114 cm³/mol. The molecule has 4 aromatic rings. The molecule has 1 aromatic heterocycles. The number of aryl methyl sites for hydroxylation is 1. The molecule has 0 saturated carbocycles. The molecule has 0 amide bonds. The van der Waals surface area contributed by atoms with Crippen LogP contribution in [0.2, 0.25) is 0 Å². The monoisotopic (exact) mass is 402 g/mol. The number of hydrogen-bond acceptors (Lipinski definition) is 6. The van der Waals surface area contributed by atoms with Crippen LogP contribution in [0.25, 0.3) is 22.8 Å². The van der Waals surface area contributed by atoms with Gasteiger partial charge in [-0.1, -0.05) is 35.0 Å². The highest BCUT2D eigenvalue weighted by atomic mass is 16.5. The Hall–Kier alpha value is -3.80. The van der Waals surface area contributed by atoms with Crippen LogP contribution in [0.5, 0.6) is 17.2 Å². The fraction of sp³-hybridized carbons (Fsp3) is 0.167. The van der Waals surface area contributed by atoms with E-state index in [1.165, 1.54) is 5.56 Å². The molecule has 0 aliphatic rings. The second kappa shape index (κ2) is 8.69. The van der Waals surface area contributed by atoms with E-state index >= 15 is 0 Å². The molecule has 1 heterocycles. The van der Waals surface area contributed by atoms with Gasteiger partial charge >= 0.3 is 0 Å². The smallest absolute Gasteiger partial charge is 0.258 e. The summed E-state index contributed by atoms with van der Waals surface area (Å²) < 4.78 is 22.0. The molecule has 6 nitrogen and oxygen atoms in total. The van der Waals surface area contributed by atoms with Crippen molar-refractivity contribution >= 4 is 0 Å².